The van der Waals surface area contributed by atoms with Gasteiger partial charge in [-0.25, -0.2) is 9.78 Å². The molecule has 1 amide bonds. The molecular weight excluding hydrogens is 270 g/mol. The molecule has 0 fully saturated rings. The Kier molecular flexibility index (Phi) is 5.09. The number of amides is 1. The lowest BCUT2D eigenvalue weighted by atomic mass is 10.1. The molecule has 0 atom stereocenters. The maximum Gasteiger partial charge on any atom is 0.340 e. The third kappa shape index (κ3) is 4.17. The summed E-state index contributed by atoms with van der Waals surface area (Å²) in [6, 6.07) is 6.79. The van der Waals surface area contributed by atoms with E-state index in [-0.39, 0.29) is 5.91 Å². The Morgan fingerprint density at radius 3 is 2.86 bits per heavy atom. The number of esters is 1. The van der Waals surface area contributed by atoms with E-state index in [1.165, 1.54) is 0 Å². The van der Waals surface area contributed by atoms with Gasteiger partial charge in [0, 0.05) is 18.3 Å². The number of benzene rings is 1. The molecule has 21 heavy (non-hydrogen) atoms. The lowest BCUT2D eigenvalue weighted by Gasteiger charge is -2.10. The van der Waals surface area contributed by atoms with E-state index in [2.05, 4.69) is 15.3 Å². The number of aryl methyl sites for hydroxylation is 1. The van der Waals surface area contributed by atoms with Gasteiger partial charge in [0.25, 0.3) is 0 Å². The topological polar surface area (TPSA) is 84.1 Å². The van der Waals surface area contributed by atoms with Crippen LogP contribution in [0.4, 0.5) is 5.69 Å². The first-order chi connectivity index (χ1) is 10.2. The summed E-state index contributed by atoms with van der Waals surface area (Å²) in [7, 11) is 0. The molecule has 1 heterocycles. The van der Waals surface area contributed by atoms with Gasteiger partial charge in [-0.1, -0.05) is 12.1 Å². The van der Waals surface area contributed by atoms with E-state index in [0.717, 1.165) is 5.69 Å². The molecule has 0 radical (unpaired) electrons. The number of rotatable bonds is 6. The first kappa shape index (κ1) is 14.8. The minimum absolute atomic E-state index is 0.165. The number of nitrogens with one attached hydrogen (secondary N) is 2. The summed E-state index contributed by atoms with van der Waals surface area (Å²) in [5, 5.41) is 2.74. The molecule has 0 bridgehead atoms. The van der Waals surface area contributed by atoms with Crippen molar-refractivity contribution in [1.82, 2.24) is 9.97 Å². The molecule has 0 saturated heterocycles. The Bertz CT molecular complexity index is 608. The van der Waals surface area contributed by atoms with Gasteiger partial charge in [0.2, 0.25) is 5.91 Å². The summed E-state index contributed by atoms with van der Waals surface area (Å²) in [5.74, 6) is -0.608. The van der Waals surface area contributed by atoms with Gasteiger partial charge in [-0.15, -0.1) is 0 Å². The molecule has 0 aliphatic carbocycles. The van der Waals surface area contributed by atoms with Crippen LogP contribution in [0.25, 0.3) is 0 Å². The maximum absolute atomic E-state index is 11.9. The number of hydrogen-bond acceptors (Lipinski definition) is 4. The third-order valence-corrected chi connectivity index (χ3v) is 2.87. The lowest BCUT2D eigenvalue weighted by molar-refractivity contribution is -0.116. The van der Waals surface area contributed by atoms with Crippen LogP contribution in [-0.2, 0) is 16.0 Å². The zero-order valence-electron chi connectivity index (χ0n) is 11.8. The zero-order chi connectivity index (χ0) is 15.1. The zero-order valence-corrected chi connectivity index (χ0v) is 11.8. The van der Waals surface area contributed by atoms with Crippen LogP contribution in [-0.4, -0.2) is 28.5 Å². The standard InChI is InChI=1S/C15H17N3O3/c1-2-21-15(20)12-5-3-4-6-13(12)18-14(19)8-7-11-9-16-10-17-11/h3-6,9-10H,2,7-8H2,1H3,(H,16,17)(H,18,19). The van der Waals surface area contributed by atoms with E-state index in [1.807, 2.05) is 0 Å². The van der Waals surface area contributed by atoms with Crippen LogP contribution < -0.4 is 5.32 Å². The highest BCUT2D eigenvalue weighted by atomic mass is 16.5. The van der Waals surface area contributed by atoms with Gasteiger partial charge < -0.3 is 15.0 Å². The second kappa shape index (κ2) is 7.23. The van der Waals surface area contributed by atoms with Crippen molar-refractivity contribution >= 4 is 17.6 Å². The van der Waals surface area contributed by atoms with Crippen LogP contribution >= 0.6 is 0 Å². The predicted octanol–water partition coefficient (Wildman–Crippen LogP) is 2.16. The SMILES string of the molecule is CCOC(=O)c1ccccc1NC(=O)CCc1cnc[nH]1. The molecule has 110 valence electrons. The van der Waals surface area contributed by atoms with Crippen LogP contribution in [0.5, 0.6) is 0 Å². The number of carbonyl (C=O) groups excluding carboxylic acids is 2. The van der Waals surface area contributed by atoms with Gasteiger partial charge in [0.05, 0.1) is 24.2 Å². The van der Waals surface area contributed by atoms with Gasteiger partial charge in [-0.3, -0.25) is 4.79 Å². The summed E-state index contributed by atoms with van der Waals surface area (Å²) in [5.41, 5.74) is 1.71. The number of hydrogen-bond donors (Lipinski definition) is 2. The van der Waals surface area contributed by atoms with Crippen LogP contribution in [0, 0.1) is 0 Å². The number of ether oxygens (including phenoxy) is 1. The number of imidazole rings is 1. The van der Waals surface area contributed by atoms with Crippen molar-refractivity contribution in [3.05, 3.63) is 48.0 Å². The van der Waals surface area contributed by atoms with Crippen molar-refractivity contribution < 1.29 is 14.3 Å². The second-order valence-corrected chi connectivity index (χ2v) is 4.39. The average molecular weight is 287 g/mol. The van der Waals surface area contributed by atoms with E-state index >= 15 is 0 Å². The fourth-order valence-corrected chi connectivity index (χ4v) is 1.86. The summed E-state index contributed by atoms with van der Waals surface area (Å²) in [6.45, 7) is 2.03. The number of nitrogens with zero attached hydrogens (tertiary/aromatic N) is 1. The highest BCUT2D eigenvalue weighted by Crippen LogP contribution is 2.16. The minimum Gasteiger partial charge on any atom is -0.462 e. The Hall–Kier alpha value is -2.63. The molecule has 0 aliphatic heterocycles. The predicted molar refractivity (Wildman–Crippen MR) is 77.9 cm³/mol. The normalized spacial score (nSPS) is 10.1. The van der Waals surface area contributed by atoms with Gasteiger partial charge in [-0.05, 0) is 25.5 Å². The molecule has 1 aromatic carbocycles. The highest BCUT2D eigenvalue weighted by molar-refractivity contribution is 6.01. The molecule has 0 unspecified atom stereocenters. The van der Waals surface area contributed by atoms with Gasteiger partial charge >= 0.3 is 5.97 Å². The Balaban J connectivity index is 1.98. The molecule has 1 aromatic heterocycles. The molecule has 2 N–H and O–H groups in total. The third-order valence-electron chi connectivity index (χ3n) is 2.87. The Morgan fingerprint density at radius 1 is 1.33 bits per heavy atom. The van der Waals surface area contributed by atoms with Crippen molar-refractivity contribution in [3.8, 4) is 0 Å². The number of aromatic amines is 1. The fourth-order valence-electron chi connectivity index (χ4n) is 1.86. The number of para-hydroxylation sites is 1. The van der Waals surface area contributed by atoms with Crippen molar-refractivity contribution in [2.45, 2.75) is 19.8 Å². The van der Waals surface area contributed by atoms with Gasteiger partial charge in [0.15, 0.2) is 0 Å². The van der Waals surface area contributed by atoms with E-state index in [9.17, 15) is 9.59 Å². The lowest BCUT2D eigenvalue weighted by Crippen LogP contribution is -2.16. The van der Waals surface area contributed by atoms with Crippen molar-refractivity contribution in [1.29, 1.82) is 0 Å². The monoisotopic (exact) mass is 287 g/mol. The van der Waals surface area contributed by atoms with Crippen LogP contribution in [0.2, 0.25) is 0 Å². The van der Waals surface area contributed by atoms with Crippen LogP contribution in [0.15, 0.2) is 36.8 Å². The number of aromatic nitrogens is 2. The second-order valence-electron chi connectivity index (χ2n) is 4.39. The van der Waals surface area contributed by atoms with Crippen LogP contribution in [0.3, 0.4) is 0 Å². The van der Waals surface area contributed by atoms with Gasteiger partial charge in [0.1, 0.15) is 0 Å². The van der Waals surface area contributed by atoms with Crippen molar-refractivity contribution in [2.24, 2.45) is 0 Å². The minimum atomic E-state index is -0.443. The summed E-state index contributed by atoms with van der Waals surface area (Å²) in [4.78, 5) is 30.6. The molecule has 6 heteroatoms. The Labute approximate surface area is 122 Å². The molecule has 0 saturated carbocycles. The number of carbonyl (C=O) groups is 2. The molecule has 2 rings (SSSR count). The smallest absolute Gasteiger partial charge is 0.340 e. The fraction of sp³-hybridized carbons (Fsp3) is 0.267. The molecule has 6 nitrogen and oxygen atoms in total. The van der Waals surface area contributed by atoms with E-state index in [1.54, 1.807) is 43.7 Å². The molecular formula is C15H17N3O3. The van der Waals surface area contributed by atoms with Crippen molar-refractivity contribution in [2.75, 3.05) is 11.9 Å². The summed E-state index contributed by atoms with van der Waals surface area (Å²) >= 11 is 0. The summed E-state index contributed by atoms with van der Waals surface area (Å²) < 4.78 is 4.97. The largest absolute Gasteiger partial charge is 0.462 e. The van der Waals surface area contributed by atoms with Crippen LogP contribution in [0.1, 0.15) is 29.4 Å². The number of H-pyrrole nitrogens is 1. The molecule has 2 aromatic rings. The molecule has 0 aliphatic rings. The number of anilines is 1. The van der Waals surface area contributed by atoms with E-state index in [0.29, 0.717) is 30.7 Å². The highest BCUT2D eigenvalue weighted by Gasteiger charge is 2.13. The average Bonchev–Trinajstić information content (AvgIpc) is 2.99. The Morgan fingerprint density at radius 2 is 2.14 bits per heavy atom. The first-order valence-corrected chi connectivity index (χ1v) is 6.74. The van der Waals surface area contributed by atoms with Gasteiger partial charge in [-0.2, -0.15) is 0 Å². The quantitative estimate of drug-likeness (QED) is 0.797. The first-order valence-electron chi connectivity index (χ1n) is 6.74. The molecule has 0 spiro atoms. The maximum atomic E-state index is 11.9. The van der Waals surface area contributed by atoms with E-state index < -0.39 is 5.97 Å². The van der Waals surface area contributed by atoms with Crippen molar-refractivity contribution in [3.63, 3.8) is 0 Å². The summed E-state index contributed by atoms with van der Waals surface area (Å²) in [6.07, 6.45) is 4.12. The van der Waals surface area contributed by atoms with E-state index in [4.69, 9.17) is 4.74 Å².